The highest BCUT2D eigenvalue weighted by Gasteiger charge is 2.36. The molecule has 3 heterocycles. The summed E-state index contributed by atoms with van der Waals surface area (Å²) in [5.41, 5.74) is 11.9. The standard InChI is InChI=1S/C35H50N6O3Si2/c1-35(2,3)46(8,9)44-20-12-19-40-29-14-11-10-13-27(29)38-34(40)32-31(30(42-4)17-18-37-32)25-15-16-28-26(23-25)33(36)39-41(28)24-43-21-22-45(5,6)7/h10-11,13-18,23H,12,19-22,24H2,1-9H3,(H2,36,39). The van der Waals surface area contributed by atoms with Gasteiger partial charge in [-0.15, -0.1) is 0 Å². The van der Waals surface area contributed by atoms with E-state index in [1.165, 1.54) is 0 Å². The van der Waals surface area contributed by atoms with E-state index in [0.717, 1.165) is 63.6 Å². The van der Waals surface area contributed by atoms with Gasteiger partial charge in [-0.2, -0.15) is 5.10 Å². The summed E-state index contributed by atoms with van der Waals surface area (Å²) in [6.07, 6.45) is 2.64. The van der Waals surface area contributed by atoms with E-state index in [2.05, 4.69) is 87.4 Å². The first-order chi connectivity index (χ1) is 21.7. The van der Waals surface area contributed by atoms with E-state index in [1.807, 2.05) is 28.9 Å². The predicted molar refractivity (Wildman–Crippen MR) is 195 cm³/mol. The van der Waals surface area contributed by atoms with Gasteiger partial charge in [-0.3, -0.25) is 4.98 Å². The molecule has 9 nitrogen and oxygen atoms in total. The molecule has 0 spiro atoms. The van der Waals surface area contributed by atoms with Crippen LogP contribution in [-0.4, -0.2) is 61.0 Å². The van der Waals surface area contributed by atoms with Gasteiger partial charge in [-0.05, 0) is 66.5 Å². The minimum atomic E-state index is -1.84. The van der Waals surface area contributed by atoms with E-state index >= 15 is 0 Å². The maximum absolute atomic E-state index is 6.52. The molecule has 46 heavy (non-hydrogen) atoms. The van der Waals surface area contributed by atoms with Crippen molar-refractivity contribution in [1.82, 2.24) is 24.3 Å². The summed E-state index contributed by atoms with van der Waals surface area (Å²) in [5, 5.41) is 5.64. The van der Waals surface area contributed by atoms with Crippen LogP contribution in [0.2, 0.25) is 43.8 Å². The van der Waals surface area contributed by atoms with Crippen LogP contribution in [0, 0.1) is 0 Å². The Morgan fingerprint density at radius 1 is 0.935 bits per heavy atom. The minimum absolute atomic E-state index is 0.168. The molecule has 11 heteroatoms. The van der Waals surface area contributed by atoms with Crippen LogP contribution in [0.15, 0.2) is 54.7 Å². The number of imidazole rings is 1. The van der Waals surface area contributed by atoms with E-state index in [9.17, 15) is 0 Å². The van der Waals surface area contributed by atoms with E-state index < -0.39 is 16.4 Å². The van der Waals surface area contributed by atoms with E-state index in [0.29, 0.717) is 31.5 Å². The molecule has 0 unspecified atom stereocenters. The molecule has 0 fully saturated rings. The molecule has 246 valence electrons. The Balaban J connectivity index is 1.51. The predicted octanol–water partition coefficient (Wildman–Crippen LogP) is 8.43. The first kappa shape index (κ1) is 33.8. The second-order valence-corrected chi connectivity index (χ2v) is 25.2. The third-order valence-corrected chi connectivity index (χ3v) is 15.3. The number of rotatable bonds is 13. The van der Waals surface area contributed by atoms with Gasteiger partial charge in [-0.25, -0.2) is 9.67 Å². The Bertz CT molecular complexity index is 1820. The zero-order valence-electron chi connectivity index (χ0n) is 29.0. The summed E-state index contributed by atoms with van der Waals surface area (Å²) < 4.78 is 22.5. The van der Waals surface area contributed by atoms with Crippen molar-refractivity contribution in [2.45, 2.75) is 84.3 Å². The molecule has 2 N–H and O–H groups in total. The van der Waals surface area contributed by atoms with Crippen LogP contribution in [-0.2, 0) is 22.4 Å². The molecule has 0 radical (unpaired) electrons. The summed E-state index contributed by atoms with van der Waals surface area (Å²) in [5.74, 6) is 1.97. The summed E-state index contributed by atoms with van der Waals surface area (Å²) >= 11 is 0. The molecule has 0 aliphatic carbocycles. The number of anilines is 1. The zero-order chi connectivity index (χ0) is 33.3. The Morgan fingerprint density at radius 3 is 2.41 bits per heavy atom. The van der Waals surface area contributed by atoms with Crippen molar-refractivity contribution in [3.05, 3.63) is 54.7 Å². The fourth-order valence-electron chi connectivity index (χ4n) is 5.30. The number of nitrogens with two attached hydrogens (primary N) is 1. The van der Waals surface area contributed by atoms with Crippen LogP contribution >= 0.6 is 0 Å². The molecule has 5 aromatic rings. The molecule has 0 amide bonds. The molecule has 0 saturated carbocycles. The highest BCUT2D eigenvalue weighted by atomic mass is 28.4. The summed E-state index contributed by atoms with van der Waals surface area (Å²) in [6, 6.07) is 17.4. The number of benzene rings is 2. The Labute approximate surface area is 275 Å². The van der Waals surface area contributed by atoms with E-state index in [-0.39, 0.29) is 5.04 Å². The number of fused-ring (bicyclic) bond motifs is 2. The van der Waals surface area contributed by atoms with Gasteiger partial charge in [-0.1, -0.05) is 58.6 Å². The maximum atomic E-state index is 6.52. The lowest BCUT2D eigenvalue weighted by atomic mass is 10.0. The molecular weight excluding hydrogens is 609 g/mol. The number of nitrogen functional groups attached to an aromatic ring is 1. The maximum Gasteiger partial charge on any atom is 0.191 e. The summed E-state index contributed by atoms with van der Waals surface area (Å²) in [6.45, 7) is 21.0. The highest BCUT2D eigenvalue weighted by molar-refractivity contribution is 6.76. The normalized spacial score (nSPS) is 12.8. The Kier molecular flexibility index (Phi) is 9.79. The average molecular weight is 659 g/mol. The third-order valence-electron chi connectivity index (χ3n) is 9.07. The lowest BCUT2D eigenvalue weighted by Crippen LogP contribution is -2.41. The van der Waals surface area contributed by atoms with Crippen molar-refractivity contribution in [3.63, 3.8) is 0 Å². The van der Waals surface area contributed by atoms with Crippen LogP contribution in [0.1, 0.15) is 27.2 Å². The smallest absolute Gasteiger partial charge is 0.191 e. The fourth-order valence-corrected chi connectivity index (χ4v) is 7.14. The van der Waals surface area contributed by atoms with Gasteiger partial charge in [0.15, 0.2) is 20.0 Å². The molecule has 0 aliphatic rings. The first-order valence-corrected chi connectivity index (χ1v) is 22.8. The molecule has 5 rings (SSSR count). The van der Waals surface area contributed by atoms with Gasteiger partial charge in [0.1, 0.15) is 18.2 Å². The molecule has 0 bridgehead atoms. The number of hydrogen-bond acceptors (Lipinski definition) is 7. The van der Waals surface area contributed by atoms with Gasteiger partial charge >= 0.3 is 0 Å². The molecule has 0 atom stereocenters. The van der Waals surface area contributed by atoms with Crippen LogP contribution in [0.25, 0.3) is 44.6 Å². The topological polar surface area (TPSA) is 102 Å². The van der Waals surface area contributed by atoms with Gasteiger partial charge in [0.2, 0.25) is 0 Å². The van der Waals surface area contributed by atoms with Crippen molar-refractivity contribution in [2.75, 3.05) is 26.1 Å². The van der Waals surface area contributed by atoms with Crippen LogP contribution in [0.3, 0.4) is 0 Å². The molecule has 3 aromatic heterocycles. The van der Waals surface area contributed by atoms with E-state index in [1.54, 1.807) is 13.3 Å². The van der Waals surface area contributed by atoms with Gasteiger partial charge < -0.3 is 24.2 Å². The molecule has 2 aromatic carbocycles. The van der Waals surface area contributed by atoms with Crippen molar-refractivity contribution >= 4 is 44.1 Å². The second kappa shape index (κ2) is 13.3. The monoisotopic (exact) mass is 658 g/mol. The molecule has 0 aliphatic heterocycles. The Morgan fingerprint density at radius 2 is 1.70 bits per heavy atom. The number of ether oxygens (including phenoxy) is 2. The molecule has 0 saturated heterocycles. The van der Waals surface area contributed by atoms with Gasteiger partial charge in [0.05, 0.1) is 29.2 Å². The SMILES string of the molecule is COc1ccnc(-c2nc3ccccc3n2CCCO[Si](C)(C)C(C)(C)C)c1-c1ccc2c(c1)c(N)nn2COCC[Si](C)(C)C. The number of para-hydroxylation sites is 2. The quantitative estimate of drug-likeness (QED) is 0.100. The van der Waals surface area contributed by atoms with Gasteiger partial charge in [0.25, 0.3) is 0 Å². The minimum Gasteiger partial charge on any atom is -0.496 e. The van der Waals surface area contributed by atoms with Crippen molar-refractivity contribution in [2.24, 2.45) is 0 Å². The number of methoxy groups -OCH3 is 1. The van der Waals surface area contributed by atoms with Crippen molar-refractivity contribution in [3.8, 4) is 28.4 Å². The number of aromatic nitrogens is 5. The highest BCUT2D eigenvalue weighted by Crippen LogP contribution is 2.40. The van der Waals surface area contributed by atoms with Crippen LogP contribution in [0.4, 0.5) is 5.82 Å². The van der Waals surface area contributed by atoms with Crippen LogP contribution in [0.5, 0.6) is 5.75 Å². The van der Waals surface area contributed by atoms with Gasteiger partial charge in [0, 0.05) is 39.4 Å². The fraction of sp³-hybridized carbons (Fsp3) is 0.457. The lowest BCUT2D eigenvalue weighted by Gasteiger charge is -2.36. The number of hydrogen-bond donors (Lipinski definition) is 1. The average Bonchev–Trinajstić information content (AvgIpc) is 3.52. The second-order valence-electron chi connectivity index (χ2n) is 14.7. The number of aryl methyl sites for hydroxylation is 1. The molecular formula is C35H50N6O3Si2. The largest absolute Gasteiger partial charge is 0.496 e. The number of nitrogens with zero attached hydrogens (tertiary/aromatic N) is 5. The van der Waals surface area contributed by atoms with Crippen LogP contribution < -0.4 is 10.5 Å². The van der Waals surface area contributed by atoms with Crippen molar-refractivity contribution in [1.29, 1.82) is 0 Å². The lowest BCUT2D eigenvalue weighted by molar-refractivity contribution is 0.0819. The third kappa shape index (κ3) is 7.22. The summed E-state index contributed by atoms with van der Waals surface area (Å²) in [7, 11) is -1.34. The number of pyridine rings is 1. The zero-order valence-corrected chi connectivity index (χ0v) is 31.0. The van der Waals surface area contributed by atoms with E-state index in [4.69, 9.17) is 29.6 Å². The summed E-state index contributed by atoms with van der Waals surface area (Å²) in [4.78, 5) is 10.0. The first-order valence-electron chi connectivity index (χ1n) is 16.2. The van der Waals surface area contributed by atoms with Crippen molar-refractivity contribution < 1.29 is 13.9 Å². The Hall–Kier alpha value is -3.52.